The van der Waals surface area contributed by atoms with Gasteiger partial charge in [-0.25, -0.2) is 9.18 Å². The fourth-order valence-corrected chi connectivity index (χ4v) is 2.47. The number of carbonyl (C=O) groups excluding carboxylic acids is 3. The predicted octanol–water partition coefficient (Wildman–Crippen LogP) is 2.71. The first-order valence-corrected chi connectivity index (χ1v) is 7.24. The highest BCUT2D eigenvalue weighted by Gasteiger charge is 2.36. The predicted molar refractivity (Wildman–Crippen MR) is 78.4 cm³/mol. The molecule has 1 unspecified atom stereocenters. The van der Waals surface area contributed by atoms with Gasteiger partial charge in [0.2, 0.25) is 0 Å². The van der Waals surface area contributed by atoms with Gasteiger partial charge in [-0.1, -0.05) is 12.1 Å². The van der Waals surface area contributed by atoms with Crippen LogP contribution >= 0.6 is 0 Å². The number of allylic oxidation sites excluding steroid dienone is 1. The van der Waals surface area contributed by atoms with Gasteiger partial charge in [-0.15, -0.1) is 0 Å². The molecule has 1 aromatic carbocycles. The molecule has 0 heterocycles. The van der Waals surface area contributed by atoms with E-state index in [0.717, 1.165) is 0 Å². The summed E-state index contributed by atoms with van der Waals surface area (Å²) >= 11 is 0. The van der Waals surface area contributed by atoms with Gasteiger partial charge < -0.3 is 4.74 Å². The molecular formula is C17H17FO4. The molecule has 0 saturated heterocycles. The van der Waals surface area contributed by atoms with E-state index in [0.29, 0.717) is 30.4 Å². The topological polar surface area (TPSA) is 60.4 Å². The summed E-state index contributed by atoms with van der Waals surface area (Å²) in [5.41, 5.74) is 1.18. The highest BCUT2D eigenvalue weighted by atomic mass is 19.1. The maximum atomic E-state index is 12.9. The Morgan fingerprint density at radius 1 is 1.32 bits per heavy atom. The zero-order valence-electron chi connectivity index (χ0n) is 12.3. The molecule has 0 spiro atoms. The molecule has 116 valence electrons. The average Bonchev–Trinajstić information content (AvgIpc) is 2.51. The van der Waals surface area contributed by atoms with Crippen molar-refractivity contribution in [2.24, 2.45) is 5.92 Å². The first-order valence-electron chi connectivity index (χ1n) is 7.24. The molecule has 1 fully saturated rings. The van der Waals surface area contributed by atoms with Gasteiger partial charge in [0.05, 0.1) is 12.5 Å². The van der Waals surface area contributed by atoms with Crippen LogP contribution in [0, 0.1) is 11.7 Å². The van der Waals surface area contributed by atoms with Gasteiger partial charge in [0.1, 0.15) is 5.82 Å². The number of halogens is 1. The quantitative estimate of drug-likeness (QED) is 0.371. The lowest BCUT2D eigenvalue weighted by molar-refractivity contribution is -0.156. The molecule has 1 aliphatic rings. The Kier molecular flexibility index (Phi) is 5.20. The number of ether oxygens (including phenoxy) is 1. The second kappa shape index (κ2) is 7.11. The number of hydrogen-bond acceptors (Lipinski definition) is 4. The Hall–Kier alpha value is -2.30. The smallest absolute Gasteiger partial charge is 0.375 e. The molecule has 2 rings (SSSR count). The van der Waals surface area contributed by atoms with Crippen LogP contribution in [-0.4, -0.2) is 24.1 Å². The van der Waals surface area contributed by atoms with Crippen LogP contribution in [0.3, 0.4) is 0 Å². The Morgan fingerprint density at radius 2 is 2.00 bits per heavy atom. The van der Waals surface area contributed by atoms with Crippen LogP contribution < -0.4 is 0 Å². The van der Waals surface area contributed by atoms with E-state index >= 15 is 0 Å². The molecule has 22 heavy (non-hydrogen) atoms. The molecule has 1 atom stereocenters. The minimum atomic E-state index is -0.959. The molecule has 0 N–H and O–H groups in total. The van der Waals surface area contributed by atoms with Gasteiger partial charge in [-0.2, -0.15) is 0 Å². The third kappa shape index (κ3) is 3.67. The number of carbonyl (C=O) groups is 3. The van der Waals surface area contributed by atoms with Crippen LogP contribution in [0.1, 0.15) is 31.7 Å². The summed E-state index contributed by atoms with van der Waals surface area (Å²) in [5, 5.41) is 0. The third-order valence-corrected chi connectivity index (χ3v) is 3.58. The number of ketones is 2. The van der Waals surface area contributed by atoms with E-state index in [-0.39, 0.29) is 18.2 Å². The van der Waals surface area contributed by atoms with Crippen molar-refractivity contribution in [3.63, 3.8) is 0 Å². The highest BCUT2D eigenvalue weighted by Crippen LogP contribution is 2.28. The van der Waals surface area contributed by atoms with Gasteiger partial charge in [-0.05, 0) is 55.5 Å². The number of rotatable bonds is 4. The summed E-state index contributed by atoms with van der Waals surface area (Å²) in [5.74, 6) is -3.39. The molecule has 0 radical (unpaired) electrons. The first-order chi connectivity index (χ1) is 10.5. The van der Waals surface area contributed by atoms with Gasteiger partial charge in [0.15, 0.2) is 5.78 Å². The maximum Gasteiger partial charge on any atom is 0.375 e. The summed E-state index contributed by atoms with van der Waals surface area (Å²) in [6.07, 6.45) is 3.20. The van der Waals surface area contributed by atoms with Crippen LogP contribution in [0.5, 0.6) is 0 Å². The van der Waals surface area contributed by atoms with Crippen molar-refractivity contribution < 1.29 is 23.5 Å². The van der Waals surface area contributed by atoms with E-state index in [1.807, 2.05) is 0 Å². The van der Waals surface area contributed by atoms with Crippen molar-refractivity contribution >= 4 is 23.6 Å². The number of esters is 1. The van der Waals surface area contributed by atoms with Crippen molar-refractivity contribution in [3.05, 3.63) is 41.2 Å². The van der Waals surface area contributed by atoms with Crippen molar-refractivity contribution in [2.75, 3.05) is 6.61 Å². The largest absolute Gasteiger partial charge is 0.460 e. The highest BCUT2D eigenvalue weighted by molar-refractivity contribution is 6.39. The molecule has 0 aromatic heterocycles. The van der Waals surface area contributed by atoms with Gasteiger partial charge in [0.25, 0.3) is 5.78 Å². The summed E-state index contributed by atoms with van der Waals surface area (Å²) in [6.45, 7) is 1.71. The molecule has 5 heteroatoms. The van der Waals surface area contributed by atoms with E-state index < -0.39 is 17.7 Å². The minimum Gasteiger partial charge on any atom is -0.460 e. The molecular weight excluding hydrogens is 287 g/mol. The Bertz CT molecular complexity index is 616. The lowest BCUT2D eigenvalue weighted by atomic mass is 9.81. The van der Waals surface area contributed by atoms with Gasteiger partial charge in [-0.3, -0.25) is 9.59 Å². The molecule has 0 aliphatic heterocycles. The standard InChI is InChI=1S/C17H17FO4/c1-2-22-17(21)16(20)14-5-3-4-12(15(14)19)10-11-6-8-13(18)9-7-11/h6-10,14H,2-5H2,1H3/b12-10-. The molecule has 1 saturated carbocycles. The summed E-state index contributed by atoms with van der Waals surface area (Å²) in [4.78, 5) is 35.9. The Balaban J connectivity index is 2.17. The maximum absolute atomic E-state index is 12.9. The average molecular weight is 304 g/mol. The van der Waals surface area contributed by atoms with Crippen molar-refractivity contribution in [1.29, 1.82) is 0 Å². The lowest BCUT2D eigenvalue weighted by Crippen LogP contribution is -2.34. The lowest BCUT2D eigenvalue weighted by Gasteiger charge is -2.21. The van der Waals surface area contributed by atoms with E-state index in [2.05, 4.69) is 4.74 Å². The second-order valence-electron chi connectivity index (χ2n) is 5.11. The van der Waals surface area contributed by atoms with Crippen LogP contribution in [0.2, 0.25) is 0 Å². The van der Waals surface area contributed by atoms with E-state index in [1.165, 1.54) is 12.1 Å². The number of hydrogen-bond donors (Lipinski definition) is 0. The zero-order chi connectivity index (χ0) is 16.1. The fraction of sp³-hybridized carbons (Fsp3) is 0.353. The number of Topliss-reactive ketones (excluding diaryl/α,β-unsaturated/α-hetero) is 2. The van der Waals surface area contributed by atoms with Crippen LogP contribution in [0.25, 0.3) is 6.08 Å². The van der Waals surface area contributed by atoms with Crippen LogP contribution in [0.15, 0.2) is 29.8 Å². The molecule has 0 bridgehead atoms. The number of benzene rings is 1. The molecule has 0 amide bonds. The monoisotopic (exact) mass is 304 g/mol. The summed E-state index contributed by atoms with van der Waals surface area (Å²) in [6, 6.07) is 5.74. The molecule has 1 aromatic rings. The van der Waals surface area contributed by atoms with Crippen molar-refractivity contribution in [2.45, 2.75) is 26.2 Å². The Morgan fingerprint density at radius 3 is 2.64 bits per heavy atom. The van der Waals surface area contributed by atoms with Gasteiger partial charge >= 0.3 is 5.97 Å². The van der Waals surface area contributed by atoms with Crippen LogP contribution in [-0.2, 0) is 19.1 Å². The van der Waals surface area contributed by atoms with Gasteiger partial charge in [0, 0.05) is 0 Å². The van der Waals surface area contributed by atoms with E-state index in [4.69, 9.17) is 0 Å². The summed E-state index contributed by atoms with van der Waals surface area (Å²) < 4.78 is 17.6. The van der Waals surface area contributed by atoms with Crippen LogP contribution in [0.4, 0.5) is 4.39 Å². The normalized spacial score (nSPS) is 20.0. The minimum absolute atomic E-state index is 0.101. The SMILES string of the molecule is CCOC(=O)C(=O)C1CCC/C(=C/c2ccc(F)cc2)C1=O. The first kappa shape index (κ1) is 16.1. The van der Waals surface area contributed by atoms with Crippen molar-refractivity contribution in [1.82, 2.24) is 0 Å². The molecule has 4 nitrogen and oxygen atoms in total. The van der Waals surface area contributed by atoms with E-state index in [9.17, 15) is 18.8 Å². The summed E-state index contributed by atoms with van der Waals surface area (Å²) in [7, 11) is 0. The third-order valence-electron chi connectivity index (χ3n) is 3.58. The molecule has 1 aliphatic carbocycles. The Labute approximate surface area is 128 Å². The van der Waals surface area contributed by atoms with E-state index in [1.54, 1.807) is 25.1 Å². The second-order valence-corrected chi connectivity index (χ2v) is 5.11. The van der Waals surface area contributed by atoms with Crippen molar-refractivity contribution in [3.8, 4) is 0 Å². The zero-order valence-corrected chi connectivity index (χ0v) is 12.3. The fourth-order valence-electron chi connectivity index (χ4n) is 2.47.